The van der Waals surface area contributed by atoms with E-state index in [0.717, 1.165) is 20.1 Å². The topological polar surface area (TPSA) is 266 Å². The molecule has 40 heavy (non-hydrogen) atoms. The normalized spacial score (nSPS) is 24.4. The molecule has 0 spiro atoms. The maximum Gasteiger partial charge on any atom is 0.490 e. The molecule has 1 aliphatic rings. The molecule has 0 saturated carbocycles. The summed E-state index contributed by atoms with van der Waals surface area (Å²) < 4.78 is 52.8. The van der Waals surface area contributed by atoms with Crippen LogP contribution in [0.5, 0.6) is 0 Å². The second-order valence-electron chi connectivity index (χ2n) is 8.12. The molecule has 1 aliphatic heterocycles. The Hall–Kier alpha value is -1.12. The quantitative estimate of drug-likeness (QED) is 0.0610. The fourth-order valence-electron chi connectivity index (χ4n) is 3.36. The lowest BCUT2D eigenvalue weighted by Crippen LogP contribution is -2.36. The summed E-state index contributed by atoms with van der Waals surface area (Å²) in [5, 5.41) is 20.5. The van der Waals surface area contributed by atoms with E-state index >= 15 is 0 Å². The zero-order chi connectivity index (χ0) is 29.7. The molecule has 22 heteroatoms. The molecular formula is C18H25IN3O15P3. The molecule has 18 nitrogen and oxygen atoms in total. The van der Waals surface area contributed by atoms with Gasteiger partial charge in [0.1, 0.15) is 18.3 Å². The summed E-state index contributed by atoms with van der Waals surface area (Å²) >= 11 is 2.21. The molecular weight excluding hydrogens is 718 g/mol. The van der Waals surface area contributed by atoms with Gasteiger partial charge in [0.25, 0.3) is 0 Å². The number of phosphoric acid groups is 3. The van der Waals surface area contributed by atoms with E-state index in [2.05, 4.69) is 46.2 Å². The van der Waals surface area contributed by atoms with Crippen LogP contribution in [-0.4, -0.2) is 70.9 Å². The highest BCUT2D eigenvalue weighted by Gasteiger charge is 2.46. The highest BCUT2D eigenvalue weighted by atomic mass is 127. The number of nitrogens with one attached hydrogen (secondary N) is 1. The van der Waals surface area contributed by atoms with Crippen LogP contribution in [0.2, 0.25) is 0 Å². The Morgan fingerprint density at radius 3 is 2.30 bits per heavy atom. The fourth-order valence-corrected chi connectivity index (χ4v) is 6.74. The molecule has 0 amide bonds. The average Bonchev–Trinajstić information content (AvgIpc) is 3.10. The number of ether oxygens (including phenoxy) is 1. The van der Waals surface area contributed by atoms with Crippen LogP contribution in [0.25, 0.3) is 0 Å². The van der Waals surface area contributed by atoms with E-state index in [9.17, 15) is 38.5 Å². The van der Waals surface area contributed by atoms with Gasteiger partial charge in [0.05, 0.1) is 13.2 Å². The standard InChI is InChI=1S/C18H25IN3O15P3/c19-12-5-3-11(4-6-12)2-1-9-33-21-14-7-8-22(18(25)20-14)17-16(24)15(23)13(35-17)10-34-39(29,30)37-40(31,32)36-38(26,27)28/h3-8,13,15-17,23-24H,1-2,9-10H2,(H,29,30)(H,31,32)(H,20,21,25)(H2,26,27,28)/t13-,15-,16-,17-/m1/s1. The number of aliphatic hydroxyl groups excluding tert-OH is 2. The molecule has 2 unspecified atom stereocenters. The van der Waals surface area contributed by atoms with Gasteiger partial charge >= 0.3 is 29.2 Å². The zero-order valence-electron chi connectivity index (χ0n) is 20.1. The van der Waals surface area contributed by atoms with Crippen molar-refractivity contribution in [2.45, 2.75) is 37.4 Å². The van der Waals surface area contributed by atoms with Gasteiger partial charge in [-0.1, -0.05) is 12.1 Å². The number of rotatable bonds is 14. The average molecular weight is 743 g/mol. The number of aryl methyl sites for hydroxylation is 1. The van der Waals surface area contributed by atoms with Gasteiger partial charge in [-0.15, -0.1) is 0 Å². The first-order chi connectivity index (χ1) is 18.6. The smallest absolute Gasteiger partial charge is 0.387 e. The van der Waals surface area contributed by atoms with Crippen LogP contribution < -0.4 is 11.2 Å². The fraction of sp³-hybridized carbons (Fsp3) is 0.444. The summed E-state index contributed by atoms with van der Waals surface area (Å²) in [6.45, 7) is -0.721. The molecule has 1 aromatic heterocycles. The minimum Gasteiger partial charge on any atom is -0.387 e. The van der Waals surface area contributed by atoms with E-state index in [1.54, 1.807) is 0 Å². The van der Waals surface area contributed by atoms with Gasteiger partial charge in [-0.3, -0.25) is 13.9 Å². The van der Waals surface area contributed by atoms with E-state index in [1.165, 1.54) is 12.3 Å². The zero-order valence-corrected chi connectivity index (χ0v) is 24.9. The summed E-state index contributed by atoms with van der Waals surface area (Å²) in [6.07, 6.45) is -3.97. The van der Waals surface area contributed by atoms with Crippen molar-refractivity contribution in [2.24, 2.45) is 0 Å². The predicted molar refractivity (Wildman–Crippen MR) is 141 cm³/mol. The van der Waals surface area contributed by atoms with Crippen LogP contribution in [0.3, 0.4) is 0 Å². The molecule has 1 aromatic carbocycles. The number of phosphoric ester groups is 1. The minimum absolute atomic E-state index is 0.0489. The van der Waals surface area contributed by atoms with Gasteiger partial charge < -0.3 is 34.5 Å². The van der Waals surface area contributed by atoms with Gasteiger partial charge in [0.15, 0.2) is 12.0 Å². The third-order valence-electron chi connectivity index (χ3n) is 5.06. The van der Waals surface area contributed by atoms with Crippen LogP contribution in [-0.2, 0) is 42.8 Å². The molecule has 0 radical (unpaired) electrons. The van der Waals surface area contributed by atoms with Gasteiger partial charge in [0.2, 0.25) is 0 Å². The Kier molecular flexibility index (Phi) is 11.6. The third-order valence-corrected chi connectivity index (χ3v) is 9.58. The SMILES string of the molecule is O=c1nc(NOCCCc2ccc(I)cc2)ccn1[C@@H]1O[C@H](COP(=O)(O)OP(=O)(O)OP(=O)(O)O)[C@@H](O)[C@H]1O. The Morgan fingerprint density at radius 2 is 1.68 bits per heavy atom. The predicted octanol–water partition coefficient (Wildman–Crippen LogP) is 0.787. The maximum absolute atomic E-state index is 12.5. The Labute approximate surface area is 239 Å². The van der Waals surface area contributed by atoms with Gasteiger partial charge in [-0.25, -0.2) is 24.0 Å². The van der Waals surface area contributed by atoms with Crippen LogP contribution in [0, 0.1) is 3.57 Å². The molecule has 1 fully saturated rings. The molecule has 224 valence electrons. The van der Waals surface area contributed by atoms with E-state index in [0.29, 0.717) is 13.0 Å². The maximum atomic E-state index is 12.5. The number of aromatic nitrogens is 2. The lowest BCUT2D eigenvalue weighted by Gasteiger charge is -2.19. The molecule has 2 heterocycles. The number of hydrogen-bond acceptors (Lipinski definition) is 13. The van der Waals surface area contributed by atoms with E-state index in [1.807, 2.05) is 24.3 Å². The summed E-state index contributed by atoms with van der Waals surface area (Å²) in [5.74, 6) is 0.0489. The molecule has 0 aliphatic carbocycles. The highest BCUT2D eigenvalue weighted by molar-refractivity contribution is 14.1. The molecule has 6 atom stereocenters. The van der Waals surface area contributed by atoms with Crippen molar-refractivity contribution >= 4 is 51.9 Å². The summed E-state index contributed by atoms with van der Waals surface area (Å²) in [4.78, 5) is 57.4. The molecule has 3 rings (SSSR count). The number of anilines is 1. The first-order valence-corrected chi connectivity index (χ1v) is 16.7. The Bertz CT molecular complexity index is 1360. The first kappa shape index (κ1) is 33.4. The first-order valence-electron chi connectivity index (χ1n) is 11.1. The second kappa shape index (κ2) is 13.9. The van der Waals surface area contributed by atoms with Crippen molar-refractivity contribution in [1.82, 2.24) is 9.55 Å². The van der Waals surface area contributed by atoms with Crippen LogP contribution in [0.15, 0.2) is 41.3 Å². The van der Waals surface area contributed by atoms with Crippen molar-refractivity contribution in [2.75, 3.05) is 18.7 Å². The van der Waals surface area contributed by atoms with Gasteiger partial charge in [0, 0.05) is 9.77 Å². The van der Waals surface area contributed by atoms with Gasteiger partial charge in [-0.05, 0) is 59.2 Å². The molecule has 2 aromatic rings. The molecule has 7 N–H and O–H groups in total. The summed E-state index contributed by atoms with van der Waals surface area (Å²) in [6, 6.07) is 9.34. The van der Waals surface area contributed by atoms with E-state index < -0.39 is 60.3 Å². The van der Waals surface area contributed by atoms with Crippen molar-refractivity contribution in [3.05, 3.63) is 56.1 Å². The van der Waals surface area contributed by atoms with E-state index in [-0.39, 0.29) is 5.82 Å². The highest BCUT2D eigenvalue weighted by Crippen LogP contribution is 2.66. The van der Waals surface area contributed by atoms with Crippen molar-refractivity contribution in [3.8, 4) is 0 Å². The Morgan fingerprint density at radius 1 is 1.00 bits per heavy atom. The number of aliphatic hydroxyl groups is 2. The Balaban J connectivity index is 1.51. The van der Waals surface area contributed by atoms with Crippen LogP contribution in [0.1, 0.15) is 18.2 Å². The van der Waals surface area contributed by atoms with E-state index in [4.69, 9.17) is 19.4 Å². The second-order valence-corrected chi connectivity index (χ2v) is 13.8. The van der Waals surface area contributed by atoms with Crippen LogP contribution >= 0.6 is 46.1 Å². The van der Waals surface area contributed by atoms with Crippen molar-refractivity contribution in [1.29, 1.82) is 0 Å². The lowest BCUT2D eigenvalue weighted by atomic mass is 10.1. The number of halogens is 1. The molecule has 0 bridgehead atoms. The largest absolute Gasteiger partial charge is 0.490 e. The summed E-state index contributed by atoms with van der Waals surface area (Å²) in [7, 11) is -16.8. The summed E-state index contributed by atoms with van der Waals surface area (Å²) in [5.41, 5.74) is 2.75. The number of benzene rings is 1. The monoisotopic (exact) mass is 743 g/mol. The van der Waals surface area contributed by atoms with Gasteiger partial charge in [-0.2, -0.15) is 13.6 Å². The number of hydrogen-bond donors (Lipinski definition) is 7. The number of nitrogens with zero attached hydrogens (tertiary/aromatic N) is 2. The molecule has 1 saturated heterocycles. The third kappa shape index (κ3) is 10.3. The lowest BCUT2D eigenvalue weighted by molar-refractivity contribution is -0.0541. The van der Waals surface area contributed by atoms with Crippen molar-refractivity contribution in [3.63, 3.8) is 0 Å². The minimum atomic E-state index is -5.75. The van der Waals surface area contributed by atoms with Crippen molar-refractivity contribution < 1.29 is 66.2 Å². The van der Waals surface area contributed by atoms with Crippen LogP contribution in [0.4, 0.5) is 5.82 Å².